The highest BCUT2D eigenvalue weighted by atomic mass is 15.1. The highest BCUT2D eigenvalue weighted by Gasteiger charge is 2.19. The number of anilines is 3. The summed E-state index contributed by atoms with van der Waals surface area (Å²) >= 11 is 0. The fourth-order valence-corrected chi connectivity index (χ4v) is 8.96. The van der Waals surface area contributed by atoms with E-state index >= 15 is 0 Å². The van der Waals surface area contributed by atoms with Gasteiger partial charge in [-0.2, -0.15) is 0 Å². The Morgan fingerprint density at radius 1 is 0.258 bits per heavy atom. The zero-order valence-electron chi connectivity index (χ0n) is 34.1. The van der Waals surface area contributed by atoms with E-state index in [1.54, 1.807) is 0 Å². The molecule has 0 aliphatic carbocycles. The maximum atomic E-state index is 2.43. The van der Waals surface area contributed by atoms with Crippen LogP contribution < -0.4 is 4.90 Å². The molecule has 0 spiro atoms. The zero-order valence-corrected chi connectivity index (χ0v) is 34.1. The van der Waals surface area contributed by atoms with Gasteiger partial charge in [-0.25, -0.2) is 0 Å². The van der Waals surface area contributed by atoms with Crippen LogP contribution in [0, 0.1) is 0 Å². The second kappa shape index (κ2) is 16.1. The molecular weight excluding hydrogens is 749 g/mol. The van der Waals surface area contributed by atoms with Crippen LogP contribution in [0.25, 0.3) is 83.1 Å². The van der Waals surface area contributed by atoms with Gasteiger partial charge >= 0.3 is 0 Å². The summed E-state index contributed by atoms with van der Waals surface area (Å²) in [7, 11) is 0. The number of aromatic nitrogens is 1. The molecule has 10 aromatic carbocycles. The molecule has 0 amide bonds. The van der Waals surface area contributed by atoms with E-state index in [1.165, 1.54) is 71.9 Å². The molecule has 0 unspecified atom stereocenters. The Kier molecular flexibility index (Phi) is 9.57. The van der Waals surface area contributed by atoms with Gasteiger partial charge in [-0.05, 0) is 117 Å². The van der Waals surface area contributed by atoms with Crippen molar-refractivity contribution in [2.45, 2.75) is 0 Å². The van der Waals surface area contributed by atoms with Gasteiger partial charge in [0.15, 0.2) is 0 Å². The summed E-state index contributed by atoms with van der Waals surface area (Å²) in [5, 5.41) is 2.47. The van der Waals surface area contributed by atoms with Crippen molar-refractivity contribution in [3.8, 4) is 61.3 Å². The van der Waals surface area contributed by atoms with Crippen LogP contribution in [0.1, 0.15) is 0 Å². The van der Waals surface area contributed by atoms with E-state index in [9.17, 15) is 0 Å². The fraction of sp³-hybridized carbons (Fsp3) is 0. The zero-order chi connectivity index (χ0) is 41.2. The lowest BCUT2D eigenvalue weighted by Gasteiger charge is -2.28. The fourth-order valence-electron chi connectivity index (χ4n) is 8.96. The standard InChI is InChI=1S/C60H42N2/c1-5-17-43(18-6-1)46-33-36-53(37-34-46)61(52-23-11-4-12-24-52)58-27-15-13-25-55(58)48-31-29-47(30-32-48)49-35-38-60-57(42-49)56-26-14-16-28-59(56)62(60)54-40-50(44-19-7-2-8-20-44)39-51(41-54)45-21-9-3-10-22-45/h1-42H. The summed E-state index contributed by atoms with van der Waals surface area (Å²) in [4.78, 5) is 2.36. The van der Waals surface area contributed by atoms with E-state index in [2.05, 4.69) is 264 Å². The maximum absolute atomic E-state index is 2.43. The van der Waals surface area contributed by atoms with Crippen molar-refractivity contribution in [3.63, 3.8) is 0 Å². The first-order valence-corrected chi connectivity index (χ1v) is 21.3. The van der Waals surface area contributed by atoms with Crippen molar-refractivity contribution in [1.29, 1.82) is 0 Å². The summed E-state index contributed by atoms with van der Waals surface area (Å²) in [5.41, 5.74) is 18.7. The molecule has 0 bridgehead atoms. The van der Waals surface area contributed by atoms with Gasteiger partial charge in [-0.15, -0.1) is 0 Å². The molecule has 0 saturated carbocycles. The Balaban J connectivity index is 0.977. The molecule has 0 atom stereocenters. The summed E-state index contributed by atoms with van der Waals surface area (Å²) in [6, 6.07) is 92.0. The van der Waals surface area contributed by atoms with E-state index < -0.39 is 0 Å². The number of nitrogens with zero attached hydrogens (tertiary/aromatic N) is 2. The van der Waals surface area contributed by atoms with Gasteiger partial charge in [0.1, 0.15) is 0 Å². The number of rotatable bonds is 9. The van der Waals surface area contributed by atoms with E-state index in [1.807, 2.05) is 0 Å². The van der Waals surface area contributed by atoms with Crippen molar-refractivity contribution in [2.75, 3.05) is 4.90 Å². The molecule has 2 nitrogen and oxygen atoms in total. The molecule has 292 valence electrons. The second-order valence-electron chi connectivity index (χ2n) is 15.8. The number of fused-ring (bicyclic) bond motifs is 3. The average molecular weight is 791 g/mol. The first kappa shape index (κ1) is 36.8. The Hall–Kier alpha value is -8.20. The summed E-state index contributed by atoms with van der Waals surface area (Å²) in [6.07, 6.45) is 0. The Labute approximate surface area is 362 Å². The van der Waals surface area contributed by atoms with Crippen molar-refractivity contribution < 1.29 is 0 Å². The summed E-state index contributed by atoms with van der Waals surface area (Å²) in [6.45, 7) is 0. The smallest absolute Gasteiger partial charge is 0.0541 e. The van der Waals surface area contributed by atoms with Crippen LogP contribution >= 0.6 is 0 Å². The molecule has 1 aromatic heterocycles. The molecule has 11 rings (SSSR count). The molecule has 0 fully saturated rings. The number of para-hydroxylation sites is 3. The molecule has 0 radical (unpaired) electrons. The van der Waals surface area contributed by atoms with Crippen LogP contribution in [0.3, 0.4) is 0 Å². The largest absolute Gasteiger partial charge is 0.310 e. The van der Waals surface area contributed by atoms with Crippen LogP contribution in [-0.2, 0) is 0 Å². The minimum Gasteiger partial charge on any atom is -0.310 e. The minimum atomic E-state index is 1.11. The van der Waals surface area contributed by atoms with Gasteiger partial charge in [0.2, 0.25) is 0 Å². The van der Waals surface area contributed by atoms with Crippen LogP contribution in [-0.4, -0.2) is 4.57 Å². The lowest BCUT2D eigenvalue weighted by atomic mass is 9.97. The second-order valence-corrected chi connectivity index (χ2v) is 15.8. The third-order valence-electron chi connectivity index (χ3n) is 12.0. The Morgan fingerprint density at radius 2 is 0.694 bits per heavy atom. The summed E-state index contributed by atoms with van der Waals surface area (Å²) in [5.74, 6) is 0. The number of hydrogen-bond acceptors (Lipinski definition) is 1. The van der Waals surface area contributed by atoms with Crippen molar-refractivity contribution in [1.82, 2.24) is 4.57 Å². The third kappa shape index (κ3) is 6.94. The lowest BCUT2D eigenvalue weighted by Crippen LogP contribution is -2.11. The minimum absolute atomic E-state index is 1.11. The quantitative estimate of drug-likeness (QED) is 0.141. The van der Waals surface area contributed by atoms with Crippen molar-refractivity contribution in [2.24, 2.45) is 0 Å². The maximum Gasteiger partial charge on any atom is 0.0541 e. The molecule has 11 aromatic rings. The number of hydrogen-bond donors (Lipinski definition) is 0. The molecule has 0 aliphatic heterocycles. The molecule has 0 saturated heterocycles. The first-order chi connectivity index (χ1) is 30.7. The first-order valence-electron chi connectivity index (χ1n) is 21.3. The van der Waals surface area contributed by atoms with Gasteiger partial charge in [0.25, 0.3) is 0 Å². The van der Waals surface area contributed by atoms with Gasteiger partial charge in [-0.1, -0.05) is 188 Å². The predicted octanol–water partition coefficient (Wildman–Crippen LogP) is 16.6. The highest BCUT2D eigenvalue weighted by Crippen LogP contribution is 2.42. The van der Waals surface area contributed by atoms with Gasteiger partial charge in [-0.3, -0.25) is 0 Å². The predicted molar refractivity (Wildman–Crippen MR) is 263 cm³/mol. The molecular formula is C60H42N2. The van der Waals surface area contributed by atoms with E-state index in [4.69, 9.17) is 0 Å². The van der Waals surface area contributed by atoms with Gasteiger partial charge in [0, 0.05) is 33.4 Å². The molecule has 62 heavy (non-hydrogen) atoms. The highest BCUT2D eigenvalue weighted by molar-refractivity contribution is 6.10. The van der Waals surface area contributed by atoms with E-state index in [0.717, 1.165) is 28.3 Å². The third-order valence-corrected chi connectivity index (χ3v) is 12.0. The molecule has 0 aliphatic rings. The Bertz CT molecular complexity index is 3240. The SMILES string of the molecule is c1ccc(-c2ccc(N(c3ccccc3)c3ccccc3-c3ccc(-c4ccc5c(c4)c4ccccc4n5-c4cc(-c5ccccc5)cc(-c5ccccc5)c4)cc3)cc2)cc1. The molecule has 0 N–H and O–H groups in total. The van der Waals surface area contributed by atoms with Crippen LogP contribution in [0.15, 0.2) is 255 Å². The Morgan fingerprint density at radius 3 is 1.34 bits per heavy atom. The average Bonchev–Trinajstić information content (AvgIpc) is 3.69. The lowest BCUT2D eigenvalue weighted by molar-refractivity contribution is 1.18. The topological polar surface area (TPSA) is 8.17 Å². The van der Waals surface area contributed by atoms with Crippen LogP contribution in [0.2, 0.25) is 0 Å². The van der Waals surface area contributed by atoms with Crippen molar-refractivity contribution in [3.05, 3.63) is 255 Å². The van der Waals surface area contributed by atoms with Crippen molar-refractivity contribution >= 4 is 38.9 Å². The van der Waals surface area contributed by atoms with E-state index in [-0.39, 0.29) is 0 Å². The molecule has 1 heterocycles. The number of benzene rings is 10. The summed E-state index contributed by atoms with van der Waals surface area (Å²) < 4.78 is 2.43. The van der Waals surface area contributed by atoms with E-state index in [0.29, 0.717) is 0 Å². The normalized spacial score (nSPS) is 11.2. The van der Waals surface area contributed by atoms with Crippen LogP contribution in [0.5, 0.6) is 0 Å². The van der Waals surface area contributed by atoms with Crippen LogP contribution in [0.4, 0.5) is 17.1 Å². The monoisotopic (exact) mass is 790 g/mol. The van der Waals surface area contributed by atoms with Gasteiger partial charge < -0.3 is 9.47 Å². The van der Waals surface area contributed by atoms with Gasteiger partial charge in [0.05, 0.1) is 16.7 Å². The molecule has 2 heteroatoms.